The Morgan fingerprint density at radius 3 is 1.62 bits per heavy atom. The summed E-state index contributed by atoms with van der Waals surface area (Å²) in [4.78, 5) is 45.8. The van der Waals surface area contributed by atoms with Gasteiger partial charge >= 0.3 is 11.9 Å². The predicted molar refractivity (Wildman–Crippen MR) is 163 cm³/mol. The predicted octanol–water partition coefficient (Wildman–Crippen LogP) is 2.30. The van der Waals surface area contributed by atoms with Gasteiger partial charge in [-0.1, -0.05) is 22.6 Å². The van der Waals surface area contributed by atoms with Gasteiger partial charge < -0.3 is 25.3 Å². The maximum Gasteiger partial charge on any atom is 0.339 e. The van der Waals surface area contributed by atoms with Gasteiger partial charge in [-0.05, 0) is 49.2 Å². The van der Waals surface area contributed by atoms with E-state index in [9.17, 15) is 34.8 Å². The second-order valence-corrected chi connectivity index (χ2v) is 11.2. The second-order valence-electron chi connectivity index (χ2n) is 11.2. The standard InChI is InChI=1S/C31H27N9O7/c41-27-19(30(44)45)3-1-5-25(27)39-15-23(33-35-39)21-13-17(29(43)38-11-9-37(10-12-38)18-7-8-18)14-22(32-21)24-16-40(36-34-24)26-6-2-4-20(28(26)42)31(46)47/h1-6,13-16,18,41-42H,7-12H2,(H,44,45)(H,46,47). The molecule has 238 valence electrons. The lowest BCUT2D eigenvalue weighted by molar-refractivity contribution is 0.0625. The van der Waals surface area contributed by atoms with Gasteiger partial charge in [-0.25, -0.2) is 23.9 Å². The normalized spacial score (nSPS) is 15.1. The van der Waals surface area contributed by atoms with E-state index in [-0.39, 0.29) is 51.2 Å². The SMILES string of the molecule is O=C(O)c1cccc(-n2cc(-c3cc(C(=O)N4CCN(C5CC5)CC4)cc(-c4cn(-c5cccc(C(=O)O)c5O)nn4)n3)nn2)c1O. The maximum absolute atomic E-state index is 13.8. The number of carbonyl (C=O) groups is 3. The smallest absolute Gasteiger partial charge is 0.339 e. The molecular formula is C31H27N9O7. The highest BCUT2D eigenvalue weighted by atomic mass is 16.4. The van der Waals surface area contributed by atoms with Crippen LogP contribution in [-0.4, -0.2) is 115 Å². The van der Waals surface area contributed by atoms with Crippen molar-refractivity contribution < 1.29 is 34.8 Å². The molecule has 2 aliphatic rings. The molecule has 0 unspecified atom stereocenters. The van der Waals surface area contributed by atoms with Crippen LogP contribution in [0.4, 0.5) is 0 Å². The molecule has 1 saturated carbocycles. The van der Waals surface area contributed by atoms with Crippen LogP contribution in [0.1, 0.15) is 43.9 Å². The highest BCUT2D eigenvalue weighted by Crippen LogP contribution is 2.31. The van der Waals surface area contributed by atoms with E-state index in [0.717, 1.165) is 13.1 Å². The maximum atomic E-state index is 13.8. The zero-order valence-corrected chi connectivity index (χ0v) is 24.6. The largest absolute Gasteiger partial charge is 0.505 e. The molecule has 0 bridgehead atoms. The highest BCUT2D eigenvalue weighted by Gasteiger charge is 2.33. The van der Waals surface area contributed by atoms with Crippen LogP contribution in [0, 0.1) is 0 Å². The summed E-state index contributed by atoms with van der Waals surface area (Å²) in [5, 5.41) is 56.4. The van der Waals surface area contributed by atoms with Crippen molar-refractivity contribution in [2.45, 2.75) is 18.9 Å². The first-order valence-corrected chi connectivity index (χ1v) is 14.7. The average molecular weight is 638 g/mol. The first kappa shape index (κ1) is 29.5. The number of hydrogen-bond acceptors (Lipinski definition) is 11. The summed E-state index contributed by atoms with van der Waals surface area (Å²) in [5.41, 5.74) is 0.778. The third-order valence-corrected chi connectivity index (χ3v) is 8.23. The fraction of sp³-hybridized carbons (Fsp3) is 0.226. The van der Waals surface area contributed by atoms with Crippen LogP contribution in [0.25, 0.3) is 34.2 Å². The molecule has 5 aromatic rings. The Kier molecular flexibility index (Phi) is 7.32. The Morgan fingerprint density at radius 2 is 1.17 bits per heavy atom. The van der Waals surface area contributed by atoms with Gasteiger partial charge in [0.25, 0.3) is 5.91 Å². The molecule has 0 radical (unpaired) electrons. The fourth-order valence-electron chi connectivity index (χ4n) is 5.60. The van der Waals surface area contributed by atoms with Crippen molar-refractivity contribution >= 4 is 17.8 Å². The number of nitrogens with zero attached hydrogens (tertiary/aromatic N) is 9. The van der Waals surface area contributed by atoms with Crippen LogP contribution < -0.4 is 0 Å². The number of phenols is 2. The molecule has 2 aromatic carbocycles. The topological polar surface area (TPSA) is 213 Å². The van der Waals surface area contributed by atoms with Gasteiger partial charge in [-0.15, -0.1) is 10.2 Å². The number of pyridine rings is 1. The van der Waals surface area contributed by atoms with Crippen LogP contribution in [0.5, 0.6) is 11.5 Å². The Bertz CT molecular complexity index is 1920. The van der Waals surface area contributed by atoms with Crippen molar-refractivity contribution in [2.75, 3.05) is 26.2 Å². The van der Waals surface area contributed by atoms with Gasteiger partial charge in [-0.2, -0.15) is 0 Å². The van der Waals surface area contributed by atoms with Gasteiger partial charge in [0.05, 0.1) is 23.8 Å². The Labute approximate surface area is 265 Å². The molecule has 47 heavy (non-hydrogen) atoms. The zero-order valence-electron chi connectivity index (χ0n) is 24.6. The minimum absolute atomic E-state index is 0.0796. The summed E-state index contributed by atoms with van der Waals surface area (Å²) in [6.07, 6.45) is 5.26. The number of rotatable bonds is 8. The summed E-state index contributed by atoms with van der Waals surface area (Å²) in [7, 11) is 0. The highest BCUT2D eigenvalue weighted by molar-refractivity contribution is 5.96. The van der Waals surface area contributed by atoms with Crippen LogP contribution in [0.15, 0.2) is 60.9 Å². The minimum atomic E-state index is -1.31. The fourth-order valence-corrected chi connectivity index (χ4v) is 5.60. The summed E-state index contributed by atoms with van der Waals surface area (Å²) >= 11 is 0. The van der Waals surface area contributed by atoms with Gasteiger partial charge in [0.1, 0.15) is 33.9 Å². The summed E-state index contributed by atoms with van der Waals surface area (Å²) in [5.74, 6) is -3.83. The van der Waals surface area contributed by atoms with Crippen molar-refractivity contribution in [3.05, 3.63) is 77.6 Å². The number of aromatic hydroxyl groups is 2. The molecule has 16 nitrogen and oxygen atoms in total. The van der Waals surface area contributed by atoms with E-state index in [0.29, 0.717) is 24.7 Å². The van der Waals surface area contributed by atoms with Gasteiger partial charge in [0.2, 0.25) is 0 Å². The Balaban J connectivity index is 1.27. The molecule has 1 aliphatic carbocycles. The molecule has 0 atom stereocenters. The van der Waals surface area contributed by atoms with E-state index in [2.05, 4.69) is 30.5 Å². The number of piperazine rings is 1. The number of aromatic nitrogens is 7. The lowest BCUT2D eigenvalue weighted by Crippen LogP contribution is -2.49. The monoisotopic (exact) mass is 637 g/mol. The van der Waals surface area contributed by atoms with Crippen LogP contribution in [-0.2, 0) is 0 Å². The summed E-state index contributed by atoms with van der Waals surface area (Å²) < 4.78 is 2.41. The van der Waals surface area contributed by atoms with Crippen molar-refractivity contribution in [3.63, 3.8) is 0 Å². The molecule has 1 aliphatic heterocycles. The van der Waals surface area contributed by atoms with Crippen molar-refractivity contribution in [1.29, 1.82) is 0 Å². The number of para-hydroxylation sites is 2. The van der Waals surface area contributed by atoms with Gasteiger partial charge in [-0.3, -0.25) is 9.69 Å². The molecule has 2 fully saturated rings. The molecule has 3 aromatic heterocycles. The lowest BCUT2D eigenvalue weighted by Gasteiger charge is -2.34. The van der Waals surface area contributed by atoms with Gasteiger partial charge in [0.15, 0.2) is 11.5 Å². The molecule has 4 N–H and O–H groups in total. The van der Waals surface area contributed by atoms with E-state index in [1.54, 1.807) is 17.0 Å². The third kappa shape index (κ3) is 5.61. The summed E-state index contributed by atoms with van der Waals surface area (Å²) in [6, 6.07) is 12.2. The van der Waals surface area contributed by atoms with Crippen molar-refractivity contribution in [1.82, 2.24) is 44.8 Å². The number of amides is 1. The number of carboxylic acid groups (broad SMARTS) is 2. The van der Waals surface area contributed by atoms with E-state index < -0.39 is 23.4 Å². The molecule has 1 saturated heterocycles. The molecule has 16 heteroatoms. The molecular weight excluding hydrogens is 610 g/mol. The van der Waals surface area contributed by atoms with Crippen LogP contribution >= 0.6 is 0 Å². The minimum Gasteiger partial charge on any atom is -0.505 e. The number of benzene rings is 2. The van der Waals surface area contributed by atoms with E-state index in [1.165, 1.54) is 71.0 Å². The third-order valence-electron chi connectivity index (χ3n) is 8.23. The number of carboxylic acids is 2. The summed E-state index contributed by atoms with van der Waals surface area (Å²) in [6.45, 7) is 2.68. The Hall–Kier alpha value is -6.16. The quantitative estimate of drug-likeness (QED) is 0.193. The number of hydrogen-bond donors (Lipinski definition) is 4. The second kappa shape index (κ2) is 11.6. The van der Waals surface area contributed by atoms with Gasteiger partial charge in [0, 0.05) is 37.8 Å². The van der Waals surface area contributed by atoms with E-state index >= 15 is 0 Å². The van der Waals surface area contributed by atoms with Crippen molar-refractivity contribution in [2.24, 2.45) is 0 Å². The van der Waals surface area contributed by atoms with Crippen molar-refractivity contribution in [3.8, 4) is 45.6 Å². The molecule has 7 rings (SSSR count). The molecule has 4 heterocycles. The van der Waals surface area contributed by atoms with Crippen LogP contribution in [0.3, 0.4) is 0 Å². The molecule has 0 spiro atoms. The zero-order chi connectivity index (χ0) is 32.8. The molecule has 1 amide bonds. The van der Waals surface area contributed by atoms with E-state index in [4.69, 9.17) is 0 Å². The first-order valence-electron chi connectivity index (χ1n) is 14.7. The lowest BCUT2D eigenvalue weighted by atomic mass is 10.1. The van der Waals surface area contributed by atoms with Crippen LogP contribution in [0.2, 0.25) is 0 Å². The first-order chi connectivity index (χ1) is 22.7. The number of carbonyl (C=O) groups excluding carboxylic acids is 1. The number of aromatic carboxylic acids is 2. The average Bonchev–Trinajstić information content (AvgIpc) is 3.59. The Morgan fingerprint density at radius 1 is 0.681 bits per heavy atom. The van der Waals surface area contributed by atoms with E-state index in [1.807, 2.05) is 0 Å².